The summed E-state index contributed by atoms with van der Waals surface area (Å²) in [6, 6.07) is 33.9. The Morgan fingerprint density at radius 2 is 1.22 bits per heavy atom. The number of amides is 3. The van der Waals surface area contributed by atoms with Gasteiger partial charge in [0.2, 0.25) is 0 Å². The summed E-state index contributed by atoms with van der Waals surface area (Å²) in [5.74, 6) is -0.858. The van der Waals surface area contributed by atoms with Crippen molar-refractivity contribution >= 4 is 29.3 Å². The number of hydrogen-bond acceptors (Lipinski definition) is 6. The molecule has 0 aromatic heterocycles. The Labute approximate surface area is 268 Å². The topological polar surface area (TPSA) is 102 Å². The van der Waals surface area contributed by atoms with E-state index in [-0.39, 0.29) is 13.1 Å². The maximum atomic E-state index is 15.5. The fourth-order valence-corrected chi connectivity index (χ4v) is 7.35. The summed E-state index contributed by atoms with van der Waals surface area (Å²) in [6.07, 6.45) is -1.94. The molecule has 46 heavy (non-hydrogen) atoms. The van der Waals surface area contributed by atoms with Crippen LogP contribution < -0.4 is 15.1 Å². The zero-order chi connectivity index (χ0) is 32.3. The van der Waals surface area contributed by atoms with Crippen LogP contribution in [-0.4, -0.2) is 46.3 Å². The van der Waals surface area contributed by atoms with E-state index in [4.69, 9.17) is 4.74 Å². The van der Waals surface area contributed by atoms with Crippen LogP contribution in [0.2, 0.25) is 0 Å². The van der Waals surface area contributed by atoms with Crippen molar-refractivity contribution in [2.24, 2.45) is 0 Å². The van der Waals surface area contributed by atoms with Crippen molar-refractivity contribution in [1.29, 1.82) is 0 Å². The smallest absolute Gasteiger partial charge is 0.412 e. The van der Waals surface area contributed by atoms with E-state index >= 15 is 9.59 Å². The highest BCUT2D eigenvalue weighted by molar-refractivity contribution is 6.19. The third-order valence-electron chi connectivity index (χ3n) is 9.03. The van der Waals surface area contributed by atoms with E-state index in [2.05, 4.69) is 5.32 Å². The SMILES string of the molecule is CC(C)(C)OC(=O)N1C(CO)NC2(C(=O)N(Cc3ccccc3)c3ccccc32)C12C(=O)N(Cc1ccccc1)c1ccccc12. The zero-order valence-electron chi connectivity index (χ0n) is 26.0. The number of hydrogen-bond donors (Lipinski definition) is 2. The molecule has 3 amide bonds. The molecule has 4 aromatic carbocycles. The minimum atomic E-state index is -1.94. The number of benzene rings is 4. The molecule has 0 aliphatic carbocycles. The summed E-state index contributed by atoms with van der Waals surface area (Å²) >= 11 is 0. The maximum Gasteiger partial charge on any atom is 0.412 e. The normalized spacial score (nSPS) is 23.4. The van der Waals surface area contributed by atoms with Crippen molar-refractivity contribution in [3.05, 3.63) is 131 Å². The third kappa shape index (κ3) is 4.19. The monoisotopic (exact) mass is 616 g/mol. The number of nitrogens with one attached hydrogen (secondary N) is 1. The van der Waals surface area contributed by atoms with Crippen molar-refractivity contribution in [3.8, 4) is 0 Å². The molecular formula is C37H36N4O5. The van der Waals surface area contributed by atoms with Crippen LogP contribution in [0.3, 0.4) is 0 Å². The fraction of sp³-hybridized carbons (Fsp3) is 0.270. The molecule has 3 unspecified atom stereocenters. The average Bonchev–Trinajstić information content (AvgIpc) is 3.59. The molecule has 3 aliphatic heterocycles. The number of anilines is 2. The Kier molecular flexibility index (Phi) is 6.99. The summed E-state index contributed by atoms with van der Waals surface area (Å²) in [4.78, 5) is 49.8. The number of carbonyl (C=O) groups is 3. The lowest BCUT2D eigenvalue weighted by atomic mass is 9.69. The first-order valence-corrected chi connectivity index (χ1v) is 15.4. The summed E-state index contributed by atoms with van der Waals surface area (Å²) in [5.41, 5.74) is -0.631. The van der Waals surface area contributed by atoms with E-state index in [0.717, 1.165) is 11.1 Å². The molecular weight excluding hydrogens is 580 g/mol. The second-order valence-electron chi connectivity index (χ2n) is 12.9. The van der Waals surface area contributed by atoms with E-state index in [1.165, 1.54) is 4.90 Å². The number of aliphatic hydroxyl groups excluding tert-OH is 1. The highest BCUT2D eigenvalue weighted by Crippen LogP contribution is 2.62. The van der Waals surface area contributed by atoms with Gasteiger partial charge in [0.05, 0.1) is 25.4 Å². The first kappa shape index (κ1) is 29.7. The molecule has 9 nitrogen and oxygen atoms in total. The van der Waals surface area contributed by atoms with Gasteiger partial charge in [-0.05, 0) is 44.0 Å². The number of ether oxygens (including phenoxy) is 1. The van der Waals surface area contributed by atoms with E-state index in [9.17, 15) is 9.90 Å². The number of nitrogens with zero attached hydrogens (tertiary/aromatic N) is 3. The molecule has 2 N–H and O–H groups in total. The second-order valence-corrected chi connectivity index (χ2v) is 12.9. The number of aliphatic hydroxyl groups is 1. The van der Waals surface area contributed by atoms with Crippen molar-refractivity contribution in [2.75, 3.05) is 16.4 Å². The van der Waals surface area contributed by atoms with Gasteiger partial charge in [-0.1, -0.05) is 97.1 Å². The van der Waals surface area contributed by atoms with E-state index < -0.39 is 47.4 Å². The lowest BCUT2D eigenvalue weighted by Gasteiger charge is -2.43. The third-order valence-corrected chi connectivity index (χ3v) is 9.03. The first-order chi connectivity index (χ1) is 22.1. The predicted octanol–water partition coefficient (Wildman–Crippen LogP) is 5.03. The average molecular weight is 617 g/mol. The molecule has 3 aliphatic rings. The molecule has 1 saturated heterocycles. The molecule has 0 saturated carbocycles. The molecule has 3 heterocycles. The Morgan fingerprint density at radius 3 is 1.76 bits per heavy atom. The van der Waals surface area contributed by atoms with Gasteiger partial charge in [0, 0.05) is 16.8 Å². The standard InChI is InChI=1S/C37H36N4O5/c1-35(2,3)46-34(45)41-31(24-42)38-36(27-18-10-12-20-29(27)39(32(36)43)22-25-14-6-4-7-15-25)37(41)28-19-11-13-21-30(28)40(33(37)44)23-26-16-8-5-9-17-26/h4-21,31,38,42H,22-24H2,1-3H3. The molecule has 2 spiro atoms. The number of carbonyl (C=O) groups excluding carboxylic acids is 3. The largest absolute Gasteiger partial charge is 0.444 e. The van der Waals surface area contributed by atoms with Crippen LogP contribution in [0.1, 0.15) is 43.0 Å². The molecule has 1 fully saturated rings. The fourth-order valence-electron chi connectivity index (χ4n) is 7.35. The zero-order valence-corrected chi connectivity index (χ0v) is 26.0. The minimum absolute atomic E-state index is 0.212. The molecule has 9 heteroatoms. The van der Waals surface area contributed by atoms with Crippen LogP contribution in [0.15, 0.2) is 109 Å². The molecule has 234 valence electrons. The summed E-state index contributed by atoms with van der Waals surface area (Å²) in [7, 11) is 0. The maximum absolute atomic E-state index is 15.5. The van der Waals surface area contributed by atoms with Gasteiger partial charge < -0.3 is 19.6 Å². The van der Waals surface area contributed by atoms with Gasteiger partial charge in [-0.2, -0.15) is 0 Å². The van der Waals surface area contributed by atoms with E-state index in [1.54, 1.807) is 42.7 Å². The van der Waals surface area contributed by atoms with Gasteiger partial charge in [-0.15, -0.1) is 0 Å². The summed E-state index contributed by atoms with van der Waals surface area (Å²) in [5, 5.41) is 14.3. The number of rotatable bonds is 5. The van der Waals surface area contributed by atoms with Gasteiger partial charge >= 0.3 is 6.09 Å². The quantitative estimate of drug-likeness (QED) is 0.326. The number of para-hydroxylation sites is 2. The first-order valence-electron chi connectivity index (χ1n) is 15.4. The Hall–Kier alpha value is -4.99. The van der Waals surface area contributed by atoms with Gasteiger partial charge in [-0.25, -0.2) is 4.79 Å². The van der Waals surface area contributed by atoms with Crippen LogP contribution >= 0.6 is 0 Å². The van der Waals surface area contributed by atoms with Gasteiger partial charge in [0.1, 0.15) is 11.8 Å². The van der Waals surface area contributed by atoms with Gasteiger partial charge in [-0.3, -0.25) is 19.8 Å². The van der Waals surface area contributed by atoms with Crippen LogP contribution in [0.4, 0.5) is 16.2 Å². The molecule has 4 aromatic rings. The van der Waals surface area contributed by atoms with Crippen molar-refractivity contribution in [3.63, 3.8) is 0 Å². The van der Waals surface area contributed by atoms with Crippen LogP contribution in [-0.2, 0) is 38.5 Å². The van der Waals surface area contributed by atoms with Crippen LogP contribution in [0, 0.1) is 0 Å². The Morgan fingerprint density at radius 1 is 0.739 bits per heavy atom. The highest BCUT2D eigenvalue weighted by atomic mass is 16.6. The molecule has 0 radical (unpaired) electrons. The number of fused-ring (bicyclic) bond motifs is 5. The molecule has 7 rings (SSSR count). The van der Waals surface area contributed by atoms with Crippen molar-refractivity contribution in [2.45, 2.75) is 56.7 Å². The van der Waals surface area contributed by atoms with Crippen LogP contribution in [0.5, 0.6) is 0 Å². The van der Waals surface area contributed by atoms with Crippen molar-refractivity contribution < 1.29 is 24.2 Å². The summed E-state index contributed by atoms with van der Waals surface area (Å²) in [6.45, 7) is 5.13. The molecule has 0 bridgehead atoms. The van der Waals surface area contributed by atoms with Gasteiger partial charge in [0.25, 0.3) is 11.8 Å². The highest BCUT2D eigenvalue weighted by Gasteiger charge is 2.79. The molecule has 3 atom stereocenters. The van der Waals surface area contributed by atoms with E-state index in [1.807, 2.05) is 97.1 Å². The van der Waals surface area contributed by atoms with Crippen molar-refractivity contribution in [1.82, 2.24) is 10.2 Å². The lowest BCUT2D eigenvalue weighted by Crippen LogP contribution is -2.66. The lowest BCUT2D eigenvalue weighted by molar-refractivity contribution is -0.140. The Bertz CT molecular complexity index is 1820. The van der Waals surface area contributed by atoms with Gasteiger partial charge in [0.15, 0.2) is 11.1 Å². The predicted molar refractivity (Wildman–Crippen MR) is 174 cm³/mol. The minimum Gasteiger partial charge on any atom is -0.444 e. The Balaban J connectivity index is 1.51. The summed E-state index contributed by atoms with van der Waals surface area (Å²) < 4.78 is 5.95. The second kappa shape index (κ2) is 10.8. The van der Waals surface area contributed by atoms with E-state index in [0.29, 0.717) is 22.5 Å². The van der Waals surface area contributed by atoms with Crippen LogP contribution in [0.25, 0.3) is 0 Å².